The Morgan fingerprint density at radius 2 is 1.66 bits per heavy atom. The maximum absolute atomic E-state index is 13.7. The molecule has 3 rings (SSSR count). The highest BCUT2D eigenvalue weighted by Crippen LogP contribution is 2.28. The monoisotopic (exact) mass is 444 g/mol. The summed E-state index contributed by atoms with van der Waals surface area (Å²) in [5, 5.41) is 3.12. The van der Waals surface area contributed by atoms with Gasteiger partial charge in [0.05, 0.1) is 17.6 Å². The molecule has 1 N–H and O–H groups in total. The molecule has 2 aliphatic rings. The van der Waals surface area contributed by atoms with Crippen LogP contribution < -0.4 is 5.32 Å². The van der Waals surface area contributed by atoms with Crippen LogP contribution in [-0.2, 0) is 4.79 Å². The van der Waals surface area contributed by atoms with Crippen molar-refractivity contribution in [2.45, 2.75) is 32.2 Å². The highest BCUT2D eigenvalue weighted by Gasteiger charge is 2.26. The zero-order valence-corrected chi connectivity index (χ0v) is 18.1. The third kappa shape index (κ3) is 5.74. The first-order valence-electron chi connectivity index (χ1n) is 10.0. The van der Waals surface area contributed by atoms with Gasteiger partial charge in [-0.05, 0) is 43.9 Å². The molecule has 0 spiro atoms. The van der Waals surface area contributed by atoms with Gasteiger partial charge in [0.25, 0.3) is 0 Å². The summed E-state index contributed by atoms with van der Waals surface area (Å²) in [4.78, 5) is 30.7. The fourth-order valence-electron chi connectivity index (χ4n) is 3.77. The molecule has 3 amide bonds. The number of urea groups is 1. The van der Waals surface area contributed by atoms with Crippen molar-refractivity contribution in [1.29, 1.82) is 0 Å². The van der Waals surface area contributed by atoms with Crippen LogP contribution >= 0.6 is 23.2 Å². The van der Waals surface area contributed by atoms with Crippen LogP contribution in [0.4, 0.5) is 9.18 Å². The normalized spacial score (nSPS) is 19.2. The molecule has 0 bridgehead atoms. The molecule has 160 valence electrons. The lowest BCUT2D eigenvalue weighted by Gasteiger charge is -2.36. The van der Waals surface area contributed by atoms with Crippen molar-refractivity contribution in [2.75, 3.05) is 45.8 Å². The second-order valence-corrected chi connectivity index (χ2v) is 8.48. The molecule has 0 saturated carbocycles. The van der Waals surface area contributed by atoms with E-state index in [2.05, 4.69) is 10.2 Å². The number of hydrogen-bond donors (Lipinski definition) is 1. The Kier molecular flexibility index (Phi) is 7.60. The van der Waals surface area contributed by atoms with E-state index in [0.717, 1.165) is 25.9 Å². The van der Waals surface area contributed by atoms with E-state index in [1.807, 2.05) is 4.90 Å². The molecule has 2 aliphatic heterocycles. The van der Waals surface area contributed by atoms with E-state index in [9.17, 15) is 14.0 Å². The summed E-state index contributed by atoms with van der Waals surface area (Å²) >= 11 is 11.9. The minimum atomic E-state index is -0.570. The number of rotatable bonds is 4. The van der Waals surface area contributed by atoms with Crippen molar-refractivity contribution in [2.24, 2.45) is 0 Å². The second kappa shape index (κ2) is 9.96. The standard InChI is InChI=1S/C20H27Cl2FN4O2/c1-14(15-11-18(23)17(22)12-16(15)21)24-20(29)27-9-7-25(8-10-27)13-19(28)26-5-3-2-4-6-26/h11-12,14H,2-10,13H2,1H3,(H,24,29). The molecule has 1 atom stereocenters. The summed E-state index contributed by atoms with van der Waals surface area (Å²) < 4.78 is 13.7. The molecule has 0 aromatic heterocycles. The summed E-state index contributed by atoms with van der Waals surface area (Å²) in [5.74, 6) is -0.394. The number of nitrogens with one attached hydrogen (secondary N) is 1. The lowest BCUT2D eigenvalue weighted by Crippen LogP contribution is -2.54. The van der Waals surface area contributed by atoms with Crippen molar-refractivity contribution in [1.82, 2.24) is 20.0 Å². The Hall–Kier alpha value is -1.57. The molecule has 29 heavy (non-hydrogen) atoms. The van der Waals surface area contributed by atoms with E-state index in [-0.39, 0.29) is 17.0 Å². The Bertz CT molecular complexity index is 750. The van der Waals surface area contributed by atoms with Gasteiger partial charge >= 0.3 is 6.03 Å². The number of likely N-dealkylation sites (tertiary alicyclic amines) is 1. The highest BCUT2D eigenvalue weighted by atomic mass is 35.5. The van der Waals surface area contributed by atoms with Crippen LogP contribution in [0.25, 0.3) is 0 Å². The number of benzene rings is 1. The molecule has 2 heterocycles. The summed E-state index contributed by atoms with van der Waals surface area (Å²) in [6, 6.07) is 1.90. The maximum atomic E-state index is 13.7. The number of amides is 3. The Morgan fingerprint density at radius 3 is 2.31 bits per heavy atom. The smallest absolute Gasteiger partial charge is 0.317 e. The Morgan fingerprint density at radius 1 is 1.00 bits per heavy atom. The molecular weight excluding hydrogens is 418 g/mol. The van der Waals surface area contributed by atoms with Gasteiger partial charge in [-0.2, -0.15) is 0 Å². The van der Waals surface area contributed by atoms with Crippen LogP contribution in [-0.4, -0.2) is 72.5 Å². The predicted molar refractivity (Wildman–Crippen MR) is 112 cm³/mol. The largest absolute Gasteiger partial charge is 0.342 e. The molecule has 0 radical (unpaired) electrons. The second-order valence-electron chi connectivity index (χ2n) is 7.66. The van der Waals surface area contributed by atoms with Gasteiger partial charge < -0.3 is 15.1 Å². The minimum absolute atomic E-state index is 0.0486. The molecule has 2 saturated heterocycles. The van der Waals surface area contributed by atoms with Crippen molar-refractivity contribution in [3.63, 3.8) is 0 Å². The van der Waals surface area contributed by atoms with Crippen LogP contribution in [0.3, 0.4) is 0 Å². The first-order valence-corrected chi connectivity index (χ1v) is 10.8. The molecule has 6 nitrogen and oxygen atoms in total. The number of carbonyl (C=O) groups excluding carboxylic acids is 2. The van der Waals surface area contributed by atoms with E-state index in [0.29, 0.717) is 43.3 Å². The topological polar surface area (TPSA) is 55.9 Å². The van der Waals surface area contributed by atoms with Crippen LogP contribution in [0.15, 0.2) is 12.1 Å². The van der Waals surface area contributed by atoms with Crippen molar-refractivity contribution < 1.29 is 14.0 Å². The number of hydrogen-bond acceptors (Lipinski definition) is 3. The van der Waals surface area contributed by atoms with Crippen molar-refractivity contribution >= 4 is 35.1 Å². The minimum Gasteiger partial charge on any atom is -0.342 e. The maximum Gasteiger partial charge on any atom is 0.317 e. The van der Waals surface area contributed by atoms with E-state index in [4.69, 9.17) is 23.2 Å². The zero-order chi connectivity index (χ0) is 21.0. The predicted octanol–water partition coefficient (Wildman–Crippen LogP) is 3.53. The number of nitrogens with zero attached hydrogens (tertiary/aromatic N) is 3. The van der Waals surface area contributed by atoms with Gasteiger partial charge in [-0.25, -0.2) is 9.18 Å². The zero-order valence-electron chi connectivity index (χ0n) is 16.6. The Labute approximate surface area is 180 Å². The molecule has 1 unspecified atom stereocenters. The van der Waals surface area contributed by atoms with Gasteiger partial charge in [-0.15, -0.1) is 0 Å². The van der Waals surface area contributed by atoms with Crippen LogP contribution in [0, 0.1) is 5.82 Å². The average Bonchev–Trinajstić information content (AvgIpc) is 2.71. The molecule has 0 aliphatic carbocycles. The number of carbonyl (C=O) groups is 2. The van der Waals surface area contributed by atoms with Gasteiger partial charge in [0, 0.05) is 44.3 Å². The fraction of sp³-hybridized carbons (Fsp3) is 0.600. The molecular formula is C20H27Cl2FN4O2. The molecule has 2 fully saturated rings. The third-order valence-corrected chi connectivity index (χ3v) is 6.19. The summed E-state index contributed by atoms with van der Waals surface area (Å²) in [7, 11) is 0. The molecule has 1 aromatic rings. The Balaban J connectivity index is 1.47. The van der Waals surface area contributed by atoms with Crippen molar-refractivity contribution in [3.8, 4) is 0 Å². The molecule has 9 heteroatoms. The molecule has 1 aromatic carbocycles. The fourth-order valence-corrected chi connectivity index (χ4v) is 4.31. The first-order chi connectivity index (χ1) is 13.8. The lowest BCUT2D eigenvalue weighted by molar-refractivity contribution is -0.133. The van der Waals surface area contributed by atoms with Crippen LogP contribution in [0.2, 0.25) is 10.0 Å². The third-order valence-electron chi connectivity index (χ3n) is 5.57. The summed E-state index contributed by atoms with van der Waals surface area (Å²) in [6.07, 6.45) is 3.36. The van der Waals surface area contributed by atoms with Gasteiger partial charge in [-0.1, -0.05) is 23.2 Å². The lowest BCUT2D eigenvalue weighted by atomic mass is 10.1. The number of piperazine rings is 1. The van der Waals surface area contributed by atoms with E-state index < -0.39 is 11.9 Å². The van der Waals surface area contributed by atoms with Crippen LogP contribution in [0.5, 0.6) is 0 Å². The summed E-state index contributed by atoms with van der Waals surface area (Å²) in [5.41, 5.74) is 0.479. The van der Waals surface area contributed by atoms with E-state index in [1.54, 1.807) is 11.8 Å². The van der Waals surface area contributed by atoms with Gasteiger partial charge in [0.2, 0.25) is 5.91 Å². The highest BCUT2D eigenvalue weighted by molar-refractivity contribution is 6.35. The van der Waals surface area contributed by atoms with Crippen LogP contribution in [0.1, 0.15) is 37.8 Å². The van der Waals surface area contributed by atoms with Crippen molar-refractivity contribution in [3.05, 3.63) is 33.6 Å². The number of piperidine rings is 1. The SMILES string of the molecule is CC(NC(=O)N1CCN(CC(=O)N2CCCCC2)CC1)c1cc(F)c(Cl)cc1Cl. The van der Waals surface area contributed by atoms with E-state index in [1.165, 1.54) is 18.6 Å². The first kappa shape index (κ1) is 22.1. The van der Waals surface area contributed by atoms with Gasteiger partial charge in [0.1, 0.15) is 5.82 Å². The van der Waals surface area contributed by atoms with Gasteiger partial charge in [-0.3, -0.25) is 9.69 Å². The van der Waals surface area contributed by atoms with E-state index >= 15 is 0 Å². The van der Waals surface area contributed by atoms with Gasteiger partial charge in [0.15, 0.2) is 0 Å². The number of halogens is 3. The quantitative estimate of drug-likeness (QED) is 0.722. The average molecular weight is 445 g/mol. The summed E-state index contributed by atoms with van der Waals surface area (Å²) in [6.45, 7) is 6.24.